The van der Waals surface area contributed by atoms with Crippen molar-refractivity contribution in [3.63, 3.8) is 0 Å². The number of nitrogens with one attached hydrogen (secondary N) is 1. The minimum absolute atomic E-state index is 0.0378. The van der Waals surface area contributed by atoms with E-state index in [1.54, 1.807) is 11.3 Å². The summed E-state index contributed by atoms with van der Waals surface area (Å²) >= 11 is 3.67. The number of hydrogen-bond acceptors (Lipinski definition) is 4. The average Bonchev–Trinajstić information content (AvgIpc) is 3.03. The summed E-state index contributed by atoms with van der Waals surface area (Å²) in [4.78, 5) is 17.2. The number of aryl methyl sites for hydroxylation is 1. The van der Waals surface area contributed by atoms with Crippen LogP contribution in [0.5, 0.6) is 0 Å². The van der Waals surface area contributed by atoms with Gasteiger partial charge in [-0.15, -0.1) is 11.3 Å². The normalized spacial score (nSPS) is 23.1. The Morgan fingerprint density at radius 1 is 1.38 bits per heavy atom. The number of nitrogens with zero attached hydrogens (tertiary/aromatic N) is 1. The maximum atomic E-state index is 12.6. The standard InChI is InChI=1S/C16H26N2OS2/c1-6-16(7-2,20-5)10-18-14(17-12(4)15(18)19)13-9-8-11(3)21-13/h8-9,12,14,17H,6-7,10H2,1-5H3. The van der Waals surface area contributed by atoms with E-state index in [2.05, 4.69) is 49.4 Å². The van der Waals surface area contributed by atoms with Crippen LogP contribution in [0.25, 0.3) is 0 Å². The second-order valence-electron chi connectivity index (χ2n) is 5.80. The predicted molar refractivity (Wildman–Crippen MR) is 92.9 cm³/mol. The van der Waals surface area contributed by atoms with E-state index >= 15 is 0 Å². The fraction of sp³-hybridized carbons (Fsp3) is 0.688. The van der Waals surface area contributed by atoms with Crippen molar-refractivity contribution >= 4 is 29.0 Å². The van der Waals surface area contributed by atoms with Gasteiger partial charge in [-0.1, -0.05) is 13.8 Å². The van der Waals surface area contributed by atoms with Gasteiger partial charge in [-0.25, -0.2) is 0 Å². The summed E-state index contributed by atoms with van der Waals surface area (Å²) in [5, 5.41) is 3.46. The van der Waals surface area contributed by atoms with Crippen LogP contribution in [0, 0.1) is 6.92 Å². The molecule has 1 aliphatic rings. The van der Waals surface area contributed by atoms with Gasteiger partial charge in [0, 0.05) is 21.0 Å². The van der Waals surface area contributed by atoms with Gasteiger partial charge in [0.15, 0.2) is 0 Å². The lowest BCUT2D eigenvalue weighted by atomic mass is 10.0. The van der Waals surface area contributed by atoms with Crippen molar-refractivity contribution in [2.45, 2.75) is 57.5 Å². The number of thiophene rings is 1. The fourth-order valence-electron chi connectivity index (χ4n) is 2.92. The van der Waals surface area contributed by atoms with Crippen LogP contribution >= 0.6 is 23.1 Å². The van der Waals surface area contributed by atoms with Crippen LogP contribution in [-0.2, 0) is 4.79 Å². The first-order chi connectivity index (χ1) is 9.96. The van der Waals surface area contributed by atoms with Gasteiger partial charge in [0.05, 0.1) is 6.04 Å². The third kappa shape index (κ3) is 3.30. The van der Waals surface area contributed by atoms with Crippen molar-refractivity contribution in [2.75, 3.05) is 12.8 Å². The molecule has 1 aromatic heterocycles. The van der Waals surface area contributed by atoms with Crippen molar-refractivity contribution in [1.82, 2.24) is 10.2 Å². The van der Waals surface area contributed by atoms with Crippen molar-refractivity contribution in [3.05, 3.63) is 21.9 Å². The molecule has 1 fully saturated rings. The number of carbonyl (C=O) groups is 1. The third-order valence-electron chi connectivity index (χ3n) is 4.58. The van der Waals surface area contributed by atoms with Crippen LogP contribution in [0.4, 0.5) is 0 Å². The highest BCUT2D eigenvalue weighted by molar-refractivity contribution is 8.00. The molecule has 3 nitrogen and oxygen atoms in total. The van der Waals surface area contributed by atoms with E-state index in [4.69, 9.17) is 0 Å². The molecule has 1 saturated heterocycles. The maximum Gasteiger partial charge on any atom is 0.241 e. The van der Waals surface area contributed by atoms with Gasteiger partial charge >= 0.3 is 0 Å². The summed E-state index contributed by atoms with van der Waals surface area (Å²) in [5.74, 6) is 0.228. The van der Waals surface area contributed by atoms with E-state index in [0.29, 0.717) is 0 Å². The Labute approximate surface area is 136 Å². The molecule has 1 N–H and O–H groups in total. The zero-order chi connectivity index (χ0) is 15.6. The topological polar surface area (TPSA) is 32.3 Å². The molecule has 0 bridgehead atoms. The van der Waals surface area contributed by atoms with Crippen LogP contribution in [0.15, 0.2) is 12.1 Å². The Kier molecular flexibility index (Phi) is 5.38. The summed E-state index contributed by atoms with van der Waals surface area (Å²) in [7, 11) is 0. The molecular weight excluding hydrogens is 300 g/mol. The van der Waals surface area contributed by atoms with Crippen molar-refractivity contribution < 1.29 is 4.79 Å². The molecule has 5 heteroatoms. The Morgan fingerprint density at radius 2 is 2.05 bits per heavy atom. The minimum atomic E-state index is -0.0920. The predicted octanol–water partition coefficient (Wildman–Crippen LogP) is 3.80. The average molecular weight is 327 g/mol. The second kappa shape index (κ2) is 6.71. The van der Waals surface area contributed by atoms with Gasteiger partial charge in [-0.3, -0.25) is 10.1 Å². The number of hydrogen-bond donors (Lipinski definition) is 1. The highest BCUT2D eigenvalue weighted by atomic mass is 32.2. The van der Waals surface area contributed by atoms with E-state index in [1.807, 2.05) is 18.7 Å². The van der Waals surface area contributed by atoms with E-state index in [9.17, 15) is 4.79 Å². The first kappa shape index (κ1) is 16.8. The molecule has 0 aliphatic carbocycles. The van der Waals surface area contributed by atoms with Gasteiger partial charge in [0.1, 0.15) is 6.17 Å². The largest absolute Gasteiger partial charge is 0.319 e. The Balaban J connectivity index is 2.27. The Morgan fingerprint density at radius 3 is 2.52 bits per heavy atom. The molecule has 2 heterocycles. The smallest absolute Gasteiger partial charge is 0.241 e. The van der Waals surface area contributed by atoms with Gasteiger partial charge in [-0.2, -0.15) is 11.8 Å². The molecule has 0 saturated carbocycles. The van der Waals surface area contributed by atoms with Crippen LogP contribution in [-0.4, -0.2) is 34.4 Å². The van der Waals surface area contributed by atoms with Crippen LogP contribution in [0.3, 0.4) is 0 Å². The van der Waals surface area contributed by atoms with Crippen LogP contribution in [0.1, 0.15) is 49.5 Å². The lowest BCUT2D eigenvalue weighted by Crippen LogP contribution is -2.42. The summed E-state index contributed by atoms with van der Waals surface area (Å²) < 4.78 is 0.159. The molecule has 2 unspecified atom stereocenters. The molecule has 1 aromatic rings. The van der Waals surface area contributed by atoms with E-state index in [1.165, 1.54) is 9.75 Å². The third-order valence-corrected chi connectivity index (χ3v) is 7.21. The highest BCUT2D eigenvalue weighted by Gasteiger charge is 2.41. The molecule has 118 valence electrons. The van der Waals surface area contributed by atoms with E-state index in [0.717, 1.165) is 19.4 Å². The van der Waals surface area contributed by atoms with Crippen LogP contribution < -0.4 is 5.32 Å². The second-order valence-corrected chi connectivity index (χ2v) is 8.39. The Bertz CT molecular complexity index is 488. The van der Waals surface area contributed by atoms with Crippen molar-refractivity contribution in [2.24, 2.45) is 0 Å². The first-order valence-electron chi connectivity index (χ1n) is 7.64. The number of thioether (sulfide) groups is 1. The fourth-order valence-corrected chi connectivity index (χ4v) is 4.71. The van der Waals surface area contributed by atoms with E-state index < -0.39 is 0 Å². The summed E-state index contributed by atoms with van der Waals surface area (Å²) in [6, 6.07) is 4.19. The molecule has 0 spiro atoms. The first-order valence-corrected chi connectivity index (χ1v) is 9.68. The summed E-state index contributed by atoms with van der Waals surface area (Å²) in [6.45, 7) is 9.35. The van der Waals surface area contributed by atoms with Crippen molar-refractivity contribution in [1.29, 1.82) is 0 Å². The van der Waals surface area contributed by atoms with Gasteiger partial charge in [-0.05, 0) is 45.1 Å². The molecule has 2 atom stereocenters. The molecule has 1 amide bonds. The van der Waals surface area contributed by atoms with E-state index in [-0.39, 0.29) is 22.9 Å². The molecule has 1 aliphatic heterocycles. The lowest BCUT2D eigenvalue weighted by molar-refractivity contribution is -0.130. The molecule has 2 rings (SSSR count). The van der Waals surface area contributed by atoms with Gasteiger partial charge in [0.2, 0.25) is 5.91 Å². The Hall–Kier alpha value is -0.520. The SMILES string of the molecule is CCC(CC)(CN1C(=O)C(C)NC1c1ccc(C)s1)SC. The molecule has 0 radical (unpaired) electrons. The maximum absolute atomic E-state index is 12.6. The molecular formula is C16H26N2OS2. The number of rotatable bonds is 6. The number of carbonyl (C=O) groups excluding carboxylic acids is 1. The molecule has 21 heavy (non-hydrogen) atoms. The van der Waals surface area contributed by atoms with Gasteiger partial charge in [0.25, 0.3) is 0 Å². The van der Waals surface area contributed by atoms with Gasteiger partial charge < -0.3 is 4.90 Å². The lowest BCUT2D eigenvalue weighted by Gasteiger charge is -2.36. The number of amides is 1. The van der Waals surface area contributed by atoms with Crippen molar-refractivity contribution in [3.8, 4) is 0 Å². The highest BCUT2D eigenvalue weighted by Crippen LogP contribution is 2.37. The summed E-state index contributed by atoms with van der Waals surface area (Å²) in [6.07, 6.45) is 4.36. The zero-order valence-corrected chi connectivity index (χ0v) is 15.2. The zero-order valence-electron chi connectivity index (χ0n) is 13.6. The molecule has 0 aromatic carbocycles. The quantitative estimate of drug-likeness (QED) is 0.863. The minimum Gasteiger partial charge on any atom is -0.319 e. The monoisotopic (exact) mass is 326 g/mol. The van der Waals surface area contributed by atoms with Crippen LogP contribution in [0.2, 0.25) is 0 Å². The summed E-state index contributed by atoms with van der Waals surface area (Å²) in [5.41, 5.74) is 0.